The summed E-state index contributed by atoms with van der Waals surface area (Å²) in [6, 6.07) is 9.58. The smallest absolute Gasteiger partial charge is 0.325 e. The fourth-order valence-electron chi connectivity index (χ4n) is 3.36. The Kier molecular flexibility index (Phi) is 5.25. The topological polar surface area (TPSA) is 79.5 Å². The van der Waals surface area contributed by atoms with Crippen molar-refractivity contribution in [3.63, 3.8) is 0 Å². The minimum Gasteiger partial charge on any atom is -0.460 e. The zero-order valence-corrected chi connectivity index (χ0v) is 13.1. The highest BCUT2D eigenvalue weighted by atomic mass is 16.5. The Labute approximate surface area is 135 Å². The van der Waals surface area contributed by atoms with Gasteiger partial charge in [0.1, 0.15) is 19.2 Å². The monoisotopic (exact) mass is 317 g/mol. The maximum absolute atomic E-state index is 12.3. The van der Waals surface area contributed by atoms with Crippen LogP contribution in [0.3, 0.4) is 0 Å². The lowest BCUT2D eigenvalue weighted by atomic mass is 9.81. The zero-order chi connectivity index (χ0) is 16.1. The Balaban J connectivity index is 1.41. The van der Waals surface area contributed by atoms with Gasteiger partial charge in [0, 0.05) is 12.0 Å². The highest BCUT2D eigenvalue weighted by Gasteiger charge is 2.40. The Morgan fingerprint density at radius 2 is 1.91 bits per heavy atom. The maximum Gasteiger partial charge on any atom is 0.325 e. The lowest BCUT2D eigenvalue weighted by Crippen LogP contribution is -2.47. The van der Waals surface area contributed by atoms with Crippen LogP contribution in [-0.2, 0) is 20.9 Å². The molecule has 3 unspecified atom stereocenters. The molecule has 1 saturated carbocycles. The second kappa shape index (κ2) is 7.57. The largest absolute Gasteiger partial charge is 0.460 e. The maximum atomic E-state index is 12.3. The fraction of sp³-hybridized carbons (Fsp3) is 0.529. The number of ether oxygens (including phenoxy) is 1. The summed E-state index contributed by atoms with van der Waals surface area (Å²) in [5, 5.41) is 2.68. The molecule has 0 bridgehead atoms. The van der Waals surface area contributed by atoms with Gasteiger partial charge in [-0.25, -0.2) is 5.43 Å². The first-order chi connectivity index (χ1) is 11.2. The molecule has 1 aromatic carbocycles. The van der Waals surface area contributed by atoms with Crippen molar-refractivity contribution in [1.82, 2.24) is 16.2 Å². The van der Waals surface area contributed by atoms with Crippen molar-refractivity contribution in [1.29, 1.82) is 0 Å². The third-order valence-corrected chi connectivity index (χ3v) is 4.60. The molecule has 3 N–H and O–H groups in total. The second-order valence-corrected chi connectivity index (χ2v) is 6.19. The molecule has 3 rings (SSSR count). The van der Waals surface area contributed by atoms with Crippen LogP contribution in [0, 0.1) is 5.92 Å². The van der Waals surface area contributed by atoms with E-state index in [1.165, 1.54) is 6.42 Å². The third kappa shape index (κ3) is 4.09. The molecule has 0 aromatic heterocycles. The van der Waals surface area contributed by atoms with E-state index < -0.39 is 5.97 Å². The molecule has 1 saturated heterocycles. The molecule has 1 aliphatic heterocycles. The van der Waals surface area contributed by atoms with Gasteiger partial charge in [-0.1, -0.05) is 43.2 Å². The van der Waals surface area contributed by atoms with Crippen LogP contribution in [0.25, 0.3) is 0 Å². The average Bonchev–Trinajstić information content (AvgIpc) is 3.03. The lowest BCUT2D eigenvalue weighted by Gasteiger charge is -2.26. The third-order valence-electron chi connectivity index (χ3n) is 4.60. The van der Waals surface area contributed by atoms with E-state index in [0.717, 1.165) is 24.8 Å². The number of hydrogen-bond donors (Lipinski definition) is 3. The number of esters is 1. The summed E-state index contributed by atoms with van der Waals surface area (Å²) >= 11 is 0. The number of carbonyl (C=O) groups excluding carboxylic acids is 2. The molecule has 6 nitrogen and oxygen atoms in total. The van der Waals surface area contributed by atoms with E-state index in [1.54, 1.807) is 0 Å². The van der Waals surface area contributed by atoms with Crippen LogP contribution in [0.1, 0.15) is 31.2 Å². The number of carbonyl (C=O) groups is 2. The highest BCUT2D eigenvalue weighted by molar-refractivity contribution is 5.86. The lowest BCUT2D eigenvalue weighted by molar-refractivity contribution is -0.145. The molecule has 2 fully saturated rings. The molecular weight excluding hydrogens is 294 g/mol. The molecule has 6 heteroatoms. The Bertz CT molecular complexity index is 549. The Hall–Kier alpha value is -1.92. The van der Waals surface area contributed by atoms with Gasteiger partial charge in [-0.05, 0) is 18.4 Å². The molecule has 23 heavy (non-hydrogen) atoms. The standard InChI is InChI=1S/C17H23N3O3/c21-15(23-11-12-6-2-1-3-7-12)10-18-17(22)16-13-8-4-5-9-14(13)19-20-16/h1-3,6-7,13-14,16,19-20H,4-5,8-11H2,(H,18,22). The molecule has 3 atom stereocenters. The minimum atomic E-state index is -0.423. The molecule has 1 heterocycles. The molecule has 0 radical (unpaired) electrons. The van der Waals surface area contributed by atoms with Gasteiger partial charge in [-0.3, -0.25) is 15.0 Å². The average molecular weight is 317 g/mol. The highest BCUT2D eigenvalue weighted by Crippen LogP contribution is 2.29. The first kappa shape index (κ1) is 16.0. The van der Waals surface area contributed by atoms with E-state index in [4.69, 9.17) is 4.74 Å². The van der Waals surface area contributed by atoms with Crippen LogP contribution in [0.4, 0.5) is 0 Å². The number of benzene rings is 1. The van der Waals surface area contributed by atoms with Gasteiger partial charge in [0.05, 0.1) is 0 Å². The molecule has 0 spiro atoms. The van der Waals surface area contributed by atoms with Crippen LogP contribution < -0.4 is 16.2 Å². The minimum absolute atomic E-state index is 0.0960. The van der Waals surface area contributed by atoms with Gasteiger partial charge in [-0.15, -0.1) is 0 Å². The SMILES string of the molecule is O=C(CNC(=O)C1NNC2CCCCC21)OCc1ccccc1. The van der Waals surface area contributed by atoms with Crippen molar-refractivity contribution >= 4 is 11.9 Å². The number of rotatable bonds is 5. The Morgan fingerprint density at radius 1 is 1.13 bits per heavy atom. The van der Waals surface area contributed by atoms with E-state index in [-0.39, 0.29) is 25.1 Å². The normalized spacial score (nSPS) is 26.3. The molecular formula is C17H23N3O3. The number of amides is 1. The molecule has 1 amide bonds. The summed E-state index contributed by atoms with van der Waals surface area (Å²) in [6.07, 6.45) is 4.51. The first-order valence-corrected chi connectivity index (χ1v) is 8.22. The van der Waals surface area contributed by atoms with Crippen molar-refractivity contribution in [3.05, 3.63) is 35.9 Å². The number of fused-ring (bicyclic) bond motifs is 1. The molecule has 124 valence electrons. The van der Waals surface area contributed by atoms with Gasteiger partial charge in [-0.2, -0.15) is 0 Å². The molecule has 2 aliphatic rings. The summed E-state index contributed by atoms with van der Waals surface area (Å²) < 4.78 is 5.16. The van der Waals surface area contributed by atoms with Crippen molar-refractivity contribution < 1.29 is 14.3 Å². The first-order valence-electron chi connectivity index (χ1n) is 8.22. The van der Waals surface area contributed by atoms with E-state index in [1.807, 2.05) is 30.3 Å². The quantitative estimate of drug-likeness (QED) is 0.703. The van der Waals surface area contributed by atoms with E-state index in [0.29, 0.717) is 12.0 Å². The van der Waals surface area contributed by atoms with Crippen LogP contribution in [0.5, 0.6) is 0 Å². The number of nitrogens with one attached hydrogen (secondary N) is 3. The fourth-order valence-corrected chi connectivity index (χ4v) is 3.36. The van der Waals surface area contributed by atoms with E-state index in [2.05, 4.69) is 16.2 Å². The molecule has 1 aliphatic carbocycles. The van der Waals surface area contributed by atoms with Crippen LogP contribution in [0.2, 0.25) is 0 Å². The van der Waals surface area contributed by atoms with Gasteiger partial charge in [0.15, 0.2) is 0 Å². The zero-order valence-electron chi connectivity index (χ0n) is 13.1. The summed E-state index contributed by atoms with van der Waals surface area (Å²) in [5.74, 6) is -0.249. The number of hydrogen-bond acceptors (Lipinski definition) is 5. The van der Waals surface area contributed by atoms with Crippen LogP contribution in [0.15, 0.2) is 30.3 Å². The summed E-state index contributed by atoms with van der Waals surface area (Å²) in [4.78, 5) is 24.0. The molecule has 1 aromatic rings. The van der Waals surface area contributed by atoms with Crippen molar-refractivity contribution in [2.75, 3.05) is 6.54 Å². The summed E-state index contributed by atoms with van der Waals surface area (Å²) in [7, 11) is 0. The number of hydrazine groups is 1. The van der Waals surface area contributed by atoms with Crippen LogP contribution in [-0.4, -0.2) is 30.5 Å². The van der Waals surface area contributed by atoms with Gasteiger partial charge < -0.3 is 10.1 Å². The van der Waals surface area contributed by atoms with Crippen molar-refractivity contribution in [2.45, 2.75) is 44.4 Å². The van der Waals surface area contributed by atoms with Gasteiger partial charge in [0.2, 0.25) is 5.91 Å². The van der Waals surface area contributed by atoms with E-state index in [9.17, 15) is 9.59 Å². The van der Waals surface area contributed by atoms with Crippen LogP contribution >= 0.6 is 0 Å². The van der Waals surface area contributed by atoms with E-state index >= 15 is 0 Å². The predicted molar refractivity (Wildman–Crippen MR) is 85.1 cm³/mol. The Morgan fingerprint density at radius 3 is 2.74 bits per heavy atom. The summed E-state index contributed by atoms with van der Waals surface area (Å²) in [5.41, 5.74) is 7.19. The summed E-state index contributed by atoms with van der Waals surface area (Å²) in [6.45, 7) is 0.130. The van der Waals surface area contributed by atoms with Gasteiger partial charge in [0.25, 0.3) is 0 Å². The predicted octanol–water partition coefficient (Wildman–Crippen LogP) is 0.881. The van der Waals surface area contributed by atoms with Gasteiger partial charge >= 0.3 is 5.97 Å². The van der Waals surface area contributed by atoms with Crippen molar-refractivity contribution in [2.24, 2.45) is 5.92 Å². The van der Waals surface area contributed by atoms with Crippen molar-refractivity contribution in [3.8, 4) is 0 Å². The second-order valence-electron chi connectivity index (χ2n) is 6.19.